The summed E-state index contributed by atoms with van der Waals surface area (Å²) in [5, 5.41) is 0. The Morgan fingerprint density at radius 3 is 2.71 bits per heavy atom. The van der Waals surface area contributed by atoms with E-state index < -0.39 is 0 Å². The van der Waals surface area contributed by atoms with Gasteiger partial charge in [-0.3, -0.25) is 0 Å². The van der Waals surface area contributed by atoms with Crippen LogP contribution in [0.1, 0.15) is 31.2 Å². The summed E-state index contributed by atoms with van der Waals surface area (Å²) in [6.45, 7) is 0. The highest BCUT2D eigenvalue weighted by atomic mass is 19.1. The summed E-state index contributed by atoms with van der Waals surface area (Å²) in [6, 6.07) is 6.80. The third-order valence-corrected chi connectivity index (χ3v) is 3.15. The predicted molar refractivity (Wildman–Crippen MR) is 55.5 cm³/mol. The molecule has 2 rings (SSSR count). The summed E-state index contributed by atoms with van der Waals surface area (Å²) in [7, 11) is 0. The van der Waals surface area contributed by atoms with Gasteiger partial charge in [-0.1, -0.05) is 12.1 Å². The van der Waals surface area contributed by atoms with Gasteiger partial charge < -0.3 is 5.73 Å². The minimum atomic E-state index is -0.151. The monoisotopic (exact) mass is 193 g/mol. The zero-order chi connectivity index (χ0) is 10.0. The molecular formula is C12H16FN. The van der Waals surface area contributed by atoms with E-state index in [1.54, 1.807) is 12.1 Å². The second kappa shape index (κ2) is 3.70. The summed E-state index contributed by atoms with van der Waals surface area (Å²) in [5.74, 6) is -0.151. The first-order valence-corrected chi connectivity index (χ1v) is 5.21. The maximum absolute atomic E-state index is 12.9. The molecule has 0 heterocycles. The lowest BCUT2D eigenvalue weighted by Crippen LogP contribution is -2.46. The van der Waals surface area contributed by atoms with E-state index in [4.69, 9.17) is 5.73 Å². The summed E-state index contributed by atoms with van der Waals surface area (Å²) in [4.78, 5) is 0. The first-order valence-electron chi connectivity index (χ1n) is 5.21. The molecule has 0 spiro atoms. The van der Waals surface area contributed by atoms with Crippen LogP contribution in [0.2, 0.25) is 0 Å². The molecule has 1 aromatic carbocycles. The van der Waals surface area contributed by atoms with Gasteiger partial charge >= 0.3 is 0 Å². The van der Waals surface area contributed by atoms with Crippen LogP contribution in [0.5, 0.6) is 0 Å². The van der Waals surface area contributed by atoms with E-state index in [9.17, 15) is 4.39 Å². The topological polar surface area (TPSA) is 26.0 Å². The van der Waals surface area contributed by atoms with Crippen molar-refractivity contribution < 1.29 is 4.39 Å². The molecular weight excluding hydrogens is 177 g/mol. The summed E-state index contributed by atoms with van der Waals surface area (Å²) in [5.41, 5.74) is 7.20. The summed E-state index contributed by atoms with van der Waals surface area (Å²) >= 11 is 0. The van der Waals surface area contributed by atoms with Gasteiger partial charge in [-0.2, -0.15) is 0 Å². The Hall–Kier alpha value is -0.890. The molecule has 0 radical (unpaired) electrons. The third kappa shape index (κ3) is 2.13. The zero-order valence-electron chi connectivity index (χ0n) is 8.30. The van der Waals surface area contributed by atoms with Gasteiger partial charge in [0.1, 0.15) is 5.82 Å². The Labute approximate surface area is 84.1 Å². The van der Waals surface area contributed by atoms with Crippen molar-refractivity contribution in [3.05, 3.63) is 35.6 Å². The highest BCUT2D eigenvalue weighted by molar-refractivity contribution is 5.17. The van der Waals surface area contributed by atoms with Crippen LogP contribution < -0.4 is 5.73 Å². The number of nitrogens with two attached hydrogens (primary N) is 1. The van der Waals surface area contributed by atoms with Crippen molar-refractivity contribution >= 4 is 0 Å². The van der Waals surface area contributed by atoms with Crippen LogP contribution in [0.3, 0.4) is 0 Å². The van der Waals surface area contributed by atoms with Crippen molar-refractivity contribution in [1.82, 2.24) is 0 Å². The Morgan fingerprint density at radius 2 is 2.14 bits per heavy atom. The largest absolute Gasteiger partial charge is 0.325 e. The number of rotatable bonds is 3. The number of halogens is 1. The molecule has 1 aliphatic carbocycles. The summed E-state index contributed by atoms with van der Waals surface area (Å²) < 4.78 is 12.9. The Bertz CT molecular complexity index is 318. The van der Waals surface area contributed by atoms with Crippen LogP contribution in [0, 0.1) is 5.82 Å². The van der Waals surface area contributed by atoms with Crippen LogP contribution in [0.25, 0.3) is 0 Å². The first-order chi connectivity index (χ1) is 6.68. The molecule has 2 heteroatoms. The van der Waals surface area contributed by atoms with E-state index in [-0.39, 0.29) is 11.4 Å². The van der Waals surface area contributed by atoms with Crippen LogP contribution in [-0.4, -0.2) is 5.54 Å². The van der Waals surface area contributed by atoms with Crippen LogP contribution in [0.4, 0.5) is 4.39 Å². The van der Waals surface area contributed by atoms with Crippen molar-refractivity contribution in [2.75, 3.05) is 0 Å². The van der Waals surface area contributed by atoms with Crippen molar-refractivity contribution in [2.24, 2.45) is 5.73 Å². The van der Waals surface area contributed by atoms with Gasteiger partial charge in [0.25, 0.3) is 0 Å². The minimum Gasteiger partial charge on any atom is -0.325 e. The molecule has 0 bridgehead atoms. The van der Waals surface area contributed by atoms with Crippen LogP contribution in [0.15, 0.2) is 24.3 Å². The van der Waals surface area contributed by atoms with E-state index in [1.807, 2.05) is 6.07 Å². The lowest BCUT2D eigenvalue weighted by molar-refractivity contribution is 0.232. The van der Waals surface area contributed by atoms with Crippen LogP contribution in [-0.2, 0) is 6.42 Å². The Balaban J connectivity index is 1.91. The lowest BCUT2D eigenvalue weighted by Gasteiger charge is -2.38. The molecule has 1 aliphatic rings. The van der Waals surface area contributed by atoms with Gasteiger partial charge in [0.2, 0.25) is 0 Å². The average molecular weight is 193 g/mol. The molecule has 0 aromatic heterocycles. The molecule has 14 heavy (non-hydrogen) atoms. The minimum absolute atomic E-state index is 0.0479. The number of hydrogen-bond acceptors (Lipinski definition) is 1. The molecule has 0 atom stereocenters. The highest BCUT2D eigenvalue weighted by Crippen LogP contribution is 2.33. The number of hydrogen-bond donors (Lipinski definition) is 1. The number of aryl methyl sites for hydroxylation is 1. The van der Waals surface area contributed by atoms with Gasteiger partial charge in [0.05, 0.1) is 0 Å². The van der Waals surface area contributed by atoms with Gasteiger partial charge in [0.15, 0.2) is 0 Å². The molecule has 76 valence electrons. The molecule has 1 saturated carbocycles. The molecule has 1 fully saturated rings. The van der Waals surface area contributed by atoms with Crippen molar-refractivity contribution in [3.8, 4) is 0 Å². The maximum Gasteiger partial charge on any atom is 0.123 e. The summed E-state index contributed by atoms with van der Waals surface area (Å²) in [6.07, 6.45) is 5.38. The van der Waals surface area contributed by atoms with Gasteiger partial charge in [-0.15, -0.1) is 0 Å². The van der Waals surface area contributed by atoms with Crippen molar-refractivity contribution in [3.63, 3.8) is 0 Å². The second-order valence-electron chi connectivity index (χ2n) is 4.35. The SMILES string of the molecule is NC1(CCc2cccc(F)c2)CCC1. The molecule has 0 aliphatic heterocycles. The maximum atomic E-state index is 12.9. The van der Waals surface area contributed by atoms with Gasteiger partial charge in [-0.05, 0) is 49.8 Å². The molecule has 0 amide bonds. The smallest absolute Gasteiger partial charge is 0.123 e. The Kier molecular flexibility index (Phi) is 2.55. The number of benzene rings is 1. The van der Waals surface area contributed by atoms with E-state index in [2.05, 4.69) is 0 Å². The standard InChI is InChI=1S/C12H16FN/c13-11-4-1-3-10(9-11)5-8-12(14)6-2-7-12/h1,3-4,9H,2,5-8,14H2. The zero-order valence-corrected chi connectivity index (χ0v) is 8.30. The molecule has 1 aromatic rings. The fourth-order valence-electron chi connectivity index (χ4n) is 1.97. The molecule has 2 N–H and O–H groups in total. The predicted octanol–water partition coefficient (Wildman–Crippen LogP) is 2.64. The van der Waals surface area contributed by atoms with Gasteiger partial charge in [-0.25, -0.2) is 4.39 Å². The third-order valence-electron chi connectivity index (χ3n) is 3.15. The van der Waals surface area contributed by atoms with Crippen molar-refractivity contribution in [2.45, 2.75) is 37.6 Å². The fourth-order valence-corrected chi connectivity index (χ4v) is 1.97. The van der Waals surface area contributed by atoms with Crippen molar-refractivity contribution in [1.29, 1.82) is 0 Å². The normalized spacial score (nSPS) is 19.0. The molecule has 0 saturated heterocycles. The second-order valence-corrected chi connectivity index (χ2v) is 4.35. The van der Waals surface area contributed by atoms with E-state index in [0.717, 1.165) is 31.2 Å². The molecule has 0 unspecified atom stereocenters. The Morgan fingerprint density at radius 1 is 1.36 bits per heavy atom. The molecule has 1 nitrogen and oxygen atoms in total. The van der Waals surface area contributed by atoms with Crippen LogP contribution >= 0.6 is 0 Å². The van der Waals surface area contributed by atoms with E-state index in [0.29, 0.717) is 0 Å². The van der Waals surface area contributed by atoms with Gasteiger partial charge in [0, 0.05) is 5.54 Å². The fraction of sp³-hybridized carbons (Fsp3) is 0.500. The first kappa shape index (κ1) is 9.66. The average Bonchev–Trinajstić information content (AvgIpc) is 2.12. The lowest BCUT2D eigenvalue weighted by atomic mass is 9.74. The quantitative estimate of drug-likeness (QED) is 0.784. The highest BCUT2D eigenvalue weighted by Gasteiger charge is 2.31. The van der Waals surface area contributed by atoms with E-state index >= 15 is 0 Å². The van der Waals surface area contributed by atoms with E-state index in [1.165, 1.54) is 12.5 Å².